The number of carbonyl (C=O) groups is 2. The Balaban J connectivity index is 2.08. The summed E-state index contributed by atoms with van der Waals surface area (Å²) in [5.41, 5.74) is 0.841. The molecule has 1 aromatic rings. The summed E-state index contributed by atoms with van der Waals surface area (Å²) in [5, 5.41) is 5.49. The maximum atomic E-state index is 12.0. The van der Waals surface area contributed by atoms with Crippen molar-refractivity contribution in [1.29, 1.82) is 0 Å². The van der Waals surface area contributed by atoms with Crippen LogP contribution in [0.15, 0.2) is 24.3 Å². The molecule has 1 atom stereocenters. The second-order valence-corrected chi connectivity index (χ2v) is 5.27. The molecule has 1 aliphatic heterocycles. The van der Waals surface area contributed by atoms with Gasteiger partial charge in [-0.05, 0) is 18.6 Å². The normalized spacial score (nSPS) is 16.5. The zero-order valence-corrected chi connectivity index (χ0v) is 13.1. The first-order valence-corrected chi connectivity index (χ1v) is 7.64. The zero-order valence-electron chi connectivity index (χ0n) is 13.1. The van der Waals surface area contributed by atoms with Crippen LogP contribution in [0.3, 0.4) is 0 Å². The van der Waals surface area contributed by atoms with E-state index in [0.717, 1.165) is 18.5 Å². The summed E-state index contributed by atoms with van der Waals surface area (Å²) in [6.45, 7) is 3.34. The van der Waals surface area contributed by atoms with Crippen LogP contribution in [0.2, 0.25) is 0 Å². The number of para-hydroxylation sites is 2. The molecular formula is C16H23N3O3. The first-order valence-electron chi connectivity index (χ1n) is 7.64. The molecule has 0 unspecified atom stereocenters. The number of nitrogens with zero attached hydrogens (tertiary/aromatic N) is 1. The van der Waals surface area contributed by atoms with E-state index < -0.39 is 6.10 Å². The number of nitrogens with one attached hydrogen (secondary N) is 2. The van der Waals surface area contributed by atoms with Crippen molar-refractivity contribution in [3.63, 3.8) is 0 Å². The van der Waals surface area contributed by atoms with Crippen LogP contribution in [0.4, 0.5) is 5.69 Å². The van der Waals surface area contributed by atoms with Crippen LogP contribution < -0.4 is 20.3 Å². The van der Waals surface area contributed by atoms with E-state index in [2.05, 4.69) is 17.6 Å². The fourth-order valence-corrected chi connectivity index (χ4v) is 2.39. The topological polar surface area (TPSA) is 70.7 Å². The molecular weight excluding hydrogens is 282 g/mol. The van der Waals surface area contributed by atoms with E-state index in [-0.39, 0.29) is 18.4 Å². The van der Waals surface area contributed by atoms with Crippen LogP contribution >= 0.6 is 0 Å². The highest BCUT2D eigenvalue weighted by molar-refractivity contribution is 5.86. The highest BCUT2D eigenvalue weighted by Gasteiger charge is 2.30. The lowest BCUT2D eigenvalue weighted by molar-refractivity contribution is -0.127. The number of rotatable bonds is 6. The summed E-state index contributed by atoms with van der Waals surface area (Å²) in [6, 6.07) is 7.45. The van der Waals surface area contributed by atoms with Crippen LogP contribution in [-0.2, 0) is 9.59 Å². The van der Waals surface area contributed by atoms with Crippen molar-refractivity contribution in [2.24, 2.45) is 0 Å². The Morgan fingerprint density at radius 2 is 2.14 bits per heavy atom. The van der Waals surface area contributed by atoms with E-state index in [1.807, 2.05) is 29.2 Å². The number of benzene rings is 1. The second-order valence-electron chi connectivity index (χ2n) is 5.27. The van der Waals surface area contributed by atoms with E-state index in [0.29, 0.717) is 18.8 Å². The Hall–Kier alpha value is -2.24. The number of hydrogen-bond donors (Lipinski definition) is 2. The molecule has 0 saturated carbocycles. The third kappa shape index (κ3) is 3.90. The van der Waals surface area contributed by atoms with Crippen LogP contribution in [-0.4, -0.2) is 44.6 Å². The maximum Gasteiger partial charge on any atom is 0.262 e. The van der Waals surface area contributed by atoms with Gasteiger partial charge in [0, 0.05) is 13.6 Å². The van der Waals surface area contributed by atoms with Crippen LogP contribution in [0.5, 0.6) is 5.75 Å². The highest BCUT2D eigenvalue weighted by atomic mass is 16.5. The summed E-state index contributed by atoms with van der Waals surface area (Å²) in [7, 11) is 1.58. The third-order valence-corrected chi connectivity index (χ3v) is 3.59. The number of amides is 2. The van der Waals surface area contributed by atoms with Crippen molar-refractivity contribution < 1.29 is 14.3 Å². The molecule has 2 amide bonds. The molecule has 6 heteroatoms. The molecule has 0 aliphatic carbocycles. The molecule has 6 nitrogen and oxygen atoms in total. The predicted molar refractivity (Wildman–Crippen MR) is 85.1 cm³/mol. The molecule has 1 heterocycles. The monoisotopic (exact) mass is 305 g/mol. The van der Waals surface area contributed by atoms with Crippen molar-refractivity contribution in [1.82, 2.24) is 10.6 Å². The minimum absolute atomic E-state index is 0.0409. The molecule has 0 aromatic heterocycles. The molecule has 0 fully saturated rings. The smallest absolute Gasteiger partial charge is 0.262 e. The van der Waals surface area contributed by atoms with Gasteiger partial charge in [-0.1, -0.05) is 25.5 Å². The van der Waals surface area contributed by atoms with Gasteiger partial charge in [-0.3, -0.25) is 9.59 Å². The number of fused-ring (bicyclic) bond motifs is 1. The zero-order chi connectivity index (χ0) is 15.9. The van der Waals surface area contributed by atoms with Gasteiger partial charge in [0.2, 0.25) is 5.91 Å². The highest BCUT2D eigenvalue weighted by Crippen LogP contribution is 2.32. The van der Waals surface area contributed by atoms with Gasteiger partial charge in [0.05, 0.1) is 18.8 Å². The summed E-state index contributed by atoms with van der Waals surface area (Å²) < 4.78 is 5.71. The molecule has 120 valence electrons. The summed E-state index contributed by atoms with van der Waals surface area (Å²) in [4.78, 5) is 25.8. The second kappa shape index (κ2) is 7.68. The largest absolute Gasteiger partial charge is 0.477 e. The van der Waals surface area contributed by atoms with Crippen LogP contribution in [0.25, 0.3) is 0 Å². The lowest BCUT2D eigenvalue weighted by Gasteiger charge is -2.34. The summed E-state index contributed by atoms with van der Waals surface area (Å²) in [5.74, 6) is 0.399. The summed E-state index contributed by atoms with van der Waals surface area (Å²) >= 11 is 0. The standard InChI is InChI=1S/C16H23N3O3/c1-3-4-9-18-15(20)11-19-10-14(16(21)17-2)22-13-8-6-5-7-12(13)19/h5-8,14H,3-4,9-11H2,1-2H3,(H,17,21)(H,18,20)/t14-/m1/s1. The summed E-state index contributed by atoms with van der Waals surface area (Å²) in [6.07, 6.45) is 1.40. The van der Waals surface area contributed by atoms with Crippen molar-refractivity contribution in [3.8, 4) is 5.75 Å². The molecule has 0 saturated heterocycles. The Morgan fingerprint density at radius 1 is 1.36 bits per heavy atom. The van der Waals surface area contributed by atoms with Gasteiger partial charge in [0.25, 0.3) is 5.91 Å². The lowest BCUT2D eigenvalue weighted by Crippen LogP contribution is -2.50. The van der Waals surface area contributed by atoms with E-state index in [4.69, 9.17) is 4.74 Å². The number of anilines is 1. The predicted octanol–water partition coefficient (Wildman–Crippen LogP) is 0.916. The van der Waals surface area contributed by atoms with Crippen molar-refractivity contribution >= 4 is 17.5 Å². The molecule has 0 spiro atoms. The van der Waals surface area contributed by atoms with Crippen molar-refractivity contribution in [2.75, 3.05) is 31.6 Å². The minimum Gasteiger partial charge on any atom is -0.477 e. The molecule has 2 rings (SSSR count). The Bertz CT molecular complexity index is 533. The van der Waals surface area contributed by atoms with Crippen molar-refractivity contribution in [3.05, 3.63) is 24.3 Å². The molecule has 0 bridgehead atoms. The quantitative estimate of drug-likeness (QED) is 0.767. The van der Waals surface area contributed by atoms with Crippen LogP contribution in [0.1, 0.15) is 19.8 Å². The number of carbonyl (C=O) groups excluding carboxylic acids is 2. The van der Waals surface area contributed by atoms with E-state index in [9.17, 15) is 9.59 Å². The van der Waals surface area contributed by atoms with Gasteiger partial charge < -0.3 is 20.3 Å². The Morgan fingerprint density at radius 3 is 2.86 bits per heavy atom. The number of likely N-dealkylation sites (N-methyl/N-ethyl adjacent to an activating group) is 1. The van der Waals surface area contributed by atoms with Crippen molar-refractivity contribution in [2.45, 2.75) is 25.9 Å². The Kier molecular flexibility index (Phi) is 5.63. The van der Waals surface area contributed by atoms with Gasteiger partial charge in [0.1, 0.15) is 5.75 Å². The number of unbranched alkanes of at least 4 members (excludes halogenated alkanes) is 1. The Labute approximate surface area is 130 Å². The molecule has 2 N–H and O–H groups in total. The number of hydrogen-bond acceptors (Lipinski definition) is 4. The first kappa shape index (κ1) is 16.1. The third-order valence-electron chi connectivity index (χ3n) is 3.59. The average molecular weight is 305 g/mol. The van der Waals surface area contributed by atoms with Gasteiger partial charge in [-0.2, -0.15) is 0 Å². The fraction of sp³-hybridized carbons (Fsp3) is 0.500. The molecule has 1 aromatic carbocycles. The van der Waals surface area contributed by atoms with E-state index in [1.54, 1.807) is 7.05 Å². The maximum absolute atomic E-state index is 12.0. The van der Waals surface area contributed by atoms with Gasteiger partial charge in [-0.15, -0.1) is 0 Å². The fourth-order valence-electron chi connectivity index (χ4n) is 2.39. The number of ether oxygens (including phenoxy) is 1. The SMILES string of the molecule is CCCCNC(=O)CN1C[C@H](C(=O)NC)Oc2ccccc21. The molecule has 0 radical (unpaired) electrons. The minimum atomic E-state index is -0.608. The lowest BCUT2D eigenvalue weighted by atomic mass is 10.1. The van der Waals surface area contributed by atoms with Gasteiger partial charge in [0.15, 0.2) is 6.10 Å². The van der Waals surface area contributed by atoms with E-state index in [1.165, 1.54) is 0 Å². The van der Waals surface area contributed by atoms with Gasteiger partial charge >= 0.3 is 0 Å². The van der Waals surface area contributed by atoms with Crippen LogP contribution in [0, 0.1) is 0 Å². The average Bonchev–Trinajstić information content (AvgIpc) is 2.54. The molecule has 22 heavy (non-hydrogen) atoms. The first-order chi connectivity index (χ1) is 10.7. The molecule has 1 aliphatic rings. The van der Waals surface area contributed by atoms with E-state index >= 15 is 0 Å². The van der Waals surface area contributed by atoms with Gasteiger partial charge in [-0.25, -0.2) is 0 Å².